The van der Waals surface area contributed by atoms with Crippen LogP contribution in [0.15, 0.2) is 28.0 Å². The number of hydrogen-bond acceptors (Lipinski definition) is 4. The summed E-state index contributed by atoms with van der Waals surface area (Å²) >= 11 is 5.32. The van der Waals surface area contributed by atoms with E-state index < -0.39 is 39.2 Å². The van der Waals surface area contributed by atoms with Gasteiger partial charge in [0.15, 0.2) is 0 Å². The van der Waals surface area contributed by atoms with Crippen molar-refractivity contribution in [2.75, 3.05) is 0 Å². The summed E-state index contributed by atoms with van der Waals surface area (Å²) in [6, 6.07) is 1.75. The second-order valence-corrected chi connectivity index (χ2v) is 7.86. The van der Waals surface area contributed by atoms with Gasteiger partial charge < -0.3 is 0 Å². The molecule has 0 aromatic heterocycles. The Morgan fingerprint density at radius 1 is 1.06 bits per heavy atom. The van der Waals surface area contributed by atoms with Crippen molar-refractivity contribution < 1.29 is 30.0 Å². The molecule has 0 N–H and O–H groups in total. The fraction of sp³-hybridized carbons (Fsp3) is 0.143. The van der Waals surface area contributed by atoms with E-state index >= 15 is 0 Å². The van der Waals surface area contributed by atoms with Crippen molar-refractivity contribution in [3.8, 4) is 0 Å². The molecule has 0 unspecified atom stereocenters. The molecule has 18 heavy (non-hydrogen) atoms. The highest BCUT2D eigenvalue weighted by Gasteiger charge is 2.48. The van der Waals surface area contributed by atoms with Gasteiger partial charge in [-0.25, -0.2) is 16.8 Å². The van der Waals surface area contributed by atoms with Gasteiger partial charge in [0.2, 0.25) is 0 Å². The molecule has 0 spiro atoms. The Kier molecular flexibility index (Phi) is 3.93. The molecule has 11 heteroatoms. The third-order valence-corrected chi connectivity index (χ3v) is 5.10. The van der Waals surface area contributed by atoms with E-state index in [1.807, 2.05) is 0 Å². The summed E-state index contributed by atoms with van der Waals surface area (Å²) in [6.07, 6.45) is 0. The van der Waals surface area contributed by atoms with Gasteiger partial charge in [0.05, 0.1) is 14.8 Å². The van der Waals surface area contributed by atoms with Crippen LogP contribution >= 0.6 is 22.3 Å². The lowest BCUT2D eigenvalue weighted by molar-refractivity contribution is -0.0436. The first-order valence-electron chi connectivity index (χ1n) is 3.93. The monoisotopic (exact) mass is 342 g/mol. The summed E-state index contributed by atoms with van der Waals surface area (Å²) in [5.41, 5.74) is -5.59. The molecule has 0 aliphatic rings. The Labute approximate surface area is 110 Å². The molecule has 1 aromatic carbocycles. The fourth-order valence-electron chi connectivity index (χ4n) is 0.966. The number of alkyl halides is 3. The van der Waals surface area contributed by atoms with E-state index in [9.17, 15) is 30.0 Å². The molecule has 0 amide bonds. The lowest BCUT2D eigenvalue weighted by Gasteiger charge is -2.10. The Bertz CT molecular complexity index is 679. The highest BCUT2D eigenvalue weighted by molar-refractivity contribution is 8.13. The topological polar surface area (TPSA) is 68.3 Å². The molecule has 0 bridgehead atoms. The van der Waals surface area contributed by atoms with E-state index in [4.69, 9.17) is 22.3 Å². The van der Waals surface area contributed by atoms with Crippen LogP contribution in [0.5, 0.6) is 0 Å². The highest BCUT2D eigenvalue weighted by atomic mass is 35.7. The van der Waals surface area contributed by atoms with Crippen LogP contribution in [0.4, 0.5) is 13.2 Å². The van der Waals surface area contributed by atoms with Crippen LogP contribution in [0.25, 0.3) is 0 Å². The maximum Gasteiger partial charge on any atom is 0.501 e. The van der Waals surface area contributed by atoms with Crippen LogP contribution in [-0.2, 0) is 18.9 Å². The standard InChI is InChI=1S/C7H3Cl2F3O4S2/c8-5-2-1-4(18(9,15)16)3-6(5)17(13,14)7(10,11)12/h1-3H. The van der Waals surface area contributed by atoms with Gasteiger partial charge >= 0.3 is 5.51 Å². The molecule has 0 saturated carbocycles. The molecule has 4 nitrogen and oxygen atoms in total. The summed E-state index contributed by atoms with van der Waals surface area (Å²) in [7, 11) is -5.21. The molecule has 0 saturated heterocycles. The van der Waals surface area contributed by atoms with Crippen molar-refractivity contribution >= 4 is 41.2 Å². The fourth-order valence-corrected chi connectivity index (χ4v) is 3.10. The zero-order chi connectivity index (χ0) is 14.4. The van der Waals surface area contributed by atoms with Crippen molar-refractivity contribution in [1.29, 1.82) is 0 Å². The van der Waals surface area contributed by atoms with Crippen LogP contribution in [0.1, 0.15) is 0 Å². The minimum atomic E-state index is -5.74. The third-order valence-electron chi connectivity index (χ3n) is 1.78. The summed E-state index contributed by atoms with van der Waals surface area (Å²) in [4.78, 5) is -2.16. The Hall–Kier alpha value is -0.510. The first kappa shape index (κ1) is 15.5. The molecule has 0 aliphatic heterocycles. The molecular formula is C7H3Cl2F3O4S2. The van der Waals surface area contributed by atoms with Gasteiger partial charge in [-0.05, 0) is 18.2 Å². The lowest BCUT2D eigenvalue weighted by Crippen LogP contribution is -2.23. The highest BCUT2D eigenvalue weighted by Crippen LogP contribution is 2.35. The van der Waals surface area contributed by atoms with Gasteiger partial charge in [-0.2, -0.15) is 13.2 Å². The zero-order valence-corrected chi connectivity index (χ0v) is 11.2. The van der Waals surface area contributed by atoms with Crippen LogP contribution in [-0.4, -0.2) is 22.3 Å². The van der Waals surface area contributed by atoms with E-state index in [1.165, 1.54) is 0 Å². The molecule has 102 valence electrons. The number of benzene rings is 1. The smallest absolute Gasteiger partial charge is 0.214 e. The summed E-state index contributed by atoms with van der Waals surface area (Å²) in [5.74, 6) is 0. The second kappa shape index (κ2) is 4.55. The van der Waals surface area contributed by atoms with Crippen molar-refractivity contribution in [1.82, 2.24) is 0 Å². The molecule has 1 aromatic rings. The summed E-state index contributed by atoms with van der Waals surface area (Å²) in [5, 5.41) is -0.753. The van der Waals surface area contributed by atoms with Gasteiger partial charge in [0.1, 0.15) is 0 Å². The average molecular weight is 343 g/mol. The molecule has 0 aliphatic carbocycles. The third kappa shape index (κ3) is 2.90. The van der Waals surface area contributed by atoms with Crippen LogP contribution < -0.4 is 0 Å². The van der Waals surface area contributed by atoms with Crippen LogP contribution in [0.3, 0.4) is 0 Å². The normalized spacial score (nSPS) is 13.6. The number of rotatable bonds is 2. The second-order valence-electron chi connectivity index (χ2n) is 2.98. The summed E-state index contributed by atoms with van der Waals surface area (Å²) < 4.78 is 80.9. The number of sulfone groups is 1. The van der Waals surface area contributed by atoms with Crippen LogP contribution in [0.2, 0.25) is 5.02 Å². The zero-order valence-electron chi connectivity index (χ0n) is 8.07. The first-order chi connectivity index (χ1) is 7.87. The quantitative estimate of drug-likeness (QED) is 0.774. The van der Waals surface area contributed by atoms with Gasteiger partial charge in [0.25, 0.3) is 18.9 Å². The Balaban J connectivity index is 3.63. The van der Waals surface area contributed by atoms with Gasteiger partial charge in [0, 0.05) is 10.7 Å². The minimum absolute atomic E-state index is 0.257. The molecule has 0 radical (unpaired) electrons. The van der Waals surface area contributed by atoms with E-state index in [2.05, 4.69) is 0 Å². The SMILES string of the molecule is O=S(=O)(Cl)c1ccc(Cl)c(S(=O)(=O)C(F)(F)F)c1. The molecule has 1 rings (SSSR count). The van der Waals surface area contributed by atoms with E-state index in [0.717, 1.165) is 6.07 Å². The Morgan fingerprint density at radius 2 is 1.56 bits per heavy atom. The minimum Gasteiger partial charge on any atom is -0.214 e. The Morgan fingerprint density at radius 3 is 1.94 bits per heavy atom. The average Bonchev–Trinajstić information content (AvgIpc) is 2.14. The predicted octanol–water partition coefficient (Wildman–Crippen LogP) is 2.56. The summed E-state index contributed by atoms with van der Waals surface area (Å²) in [6.45, 7) is 0. The van der Waals surface area contributed by atoms with Crippen molar-refractivity contribution in [2.45, 2.75) is 15.3 Å². The van der Waals surface area contributed by atoms with Crippen molar-refractivity contribution in [3.63, 3.8) is 0 Å². The molecule has 0 atom stereocenters. The van der Waals surface area contributed by atoms with E-state index in [-0.39, 0.29) is 6.07 Å². The lowest BCUT2D eigenvalue weighted by atomic mass is 10.4. The predicted molar refractivity (Wildman–Crippen MR) is 57.7 cm³/mol. The van der Waals surface area contributed by atoms with E-state index in [1.54, 1.807) is 0 Å². The van der Waals surface area contributed by atoms with Crippen molar-refractivity contribution in [3.05, 3.63) is 23.2 Å². The van der Waals surface area contributed by atoms with Crippen LogP contribution in [0, 0.1) is 0 Å². The van der Waals surface area contributed by atoms with Crippen molar-refractivity contribution in [2.24, 2.45) is 0 Å². The largest absolute Gasteiger partial charge is 0.501 e. The maximum absolute atomic E-state index is 12.3. The molecule has 0 heterocycles. The molecule has 0 fully saturated rings. The molecular weight excluding hydrogens is 340 g/mol. The number of halogens is 5. The number of hydrogen-bond donors (Lipinski definition) is 0. The maximum atomic E-state index is 12.3. The van der Waals surface area contributed by atoms with Gasteiger partial charge in [-0.15, -0.1) is 0 Å². The van der Waals surface area contributed by atoms with Gasteiger partial charge in [-0.3, -0.25) is 0 Å². The first-order valence-corrected chi connectivity index (χ1v) is 8.10. The van der Waals surface area contributed by atoms with E-state index in [0.29, 0.717) is 6.07 Å². The van der Waals surface area contributed by atoms with Gasteiger partial charge in [-0.1, -0.05) is 11.6 Å².